The van der Waals surface area contributed by atoms with E-state index >= 15 is 0 Å². The summed E-state index contributed by atoms with van der Waals surface area (Å²) < 4.78 is 43.1. The van der Waals surface area contributed by atoms with E-state index in [9.17, 15) is 13.2 Å². The van der Waals surface area contributed by atoms with Crippen molar-refractivity contribution in [1.29, 1.82) is 0 Å². The number of furan rings is 1. The maximum absolute atomic E-state index is 12.5. The van der Waals surface area contributed by atoms with E-state index in [1.807, 2.05) is 36.4 Å². The Labute approximate surface area is 146 Å². The SMILES string of the molecule is FC(F)(F)c1ccc(N/N=C/c2ccc(Sc3ccccc3)o2)cc1. The molecule has 1 N–H and O–H groups in total. The number of rotatable bonds is 5. The Balaban J connectivity index is 1.58. The summed E-state index contributed by atoms with van der Waals surface area (Å²) in [7, 11) is 0. The van der Waals surface area contributed by atoms with Gasteiger partial charge in [0.2, 0.25) is 0 Å². The Kier molecular flexibility index (Phi) is 5.14. The van der Waals surface area contributed by atoms with Crippen LogP contribution in [0.15, 0.2) is 86.2 Å². The second-order valence-corrected chi connectivity index (χ2v) is 6.09. The minimum atomic E-state index is -4.34. The number of hydrazone groups is 1. The number of anilines is 1. The van der Waals surface area contributed by atoms with Crippen molar-refractivity contribution in [1.82, 2.24) is 0 Å². The van der Waals surface area contributed by atoms with Crippen LogP contribution in [-0.4, -0.2) is 6.21 Å². The zero-order chi connectivity index (χ0) is 17.7. The molecule has 3 aromatic rings. The quantitative estimate of drug-likeness (QED) is 0.454. The van der Waals surface area contributed by atoms with E-state index in [2.05, 4.69) is 10.5 Å². The van der Waals surface area contributed by atoms with Crippen molar-refractivity contribution in [3.05, 3.63) is 78.1 Å². The van der Waals surface area contributed by atoms with E-state index in [1.165, 1.54) is 30.1 Å². The molecule has 1 aromatic heterocycles. The smallest absolute Gasteiger partial charge is 0.416 e. The molecular formula is C18H13F3N2OS. The first kappa shape index (κ1) is 17.2. The first-order valence-electron chi connectivity index (χ1n) is 7.30. The molecule has 25 heavy (non-hydrogen) atoms. The molecule has 0 amide bonds. The lowest BCUT2D eigenvalue weighted by atomic mass is 10.2. The zero-order valence-electron chi connectivity index (χ0n) is 12.8. The van der Waals surface area contributed by atoms with Gasteiger partial charge >= 0.3 is 6.18 Å². The fourth-order valence-corrected chi connectivity index (χ4v) is 2.77. The summed E-state index contributed by atoms with van der Waals surface area (Å²) in [5.41, 5.74) is 2.42. The van der Waals surface area contributed by atoms with Gasteiger partial charge in [-0.1, -0.05) is 30.0 Å². The van der Waals surface area contributed by atoms with E-state index in [1.54, 1.807) is 6.07 Å². The van der Waals surface area contributed by atoms with E-state index < -0.39 is 11.7 Å². The third-order valence-corrected chi connectivity index (χ3v) is 4.09. The third-order valence-electron chi connectivity index (χ3n) is 3.16. The van der Waals surface area contributed by atoms with Crippen molar-refractivity contribution in [3.63, 3.8) is 0 Å². The van der Waals surface area contributed by atoms with Crippen LogP contribution < -0.4 is 5.43 Å². The van der Waals surface area contributed by atoms with Crippen LogP contribution in [0.1, 0.15) is 11.3 Å². The molecule has 0 saturated heterocycles. The highest BCUT2D eigenvalue weighted by molar-refractivity contribution is 7.99. The van der Waals surface area contributed by atoms with Crippen molar-refractivity contribution in [2.24, 2.45) is 5.10 Å². The molecule has 0 fully saturated rings. The summed E-state index contributed by atoms with van der Waals surface area (Å²) in [5, 5.41) is 4.69. The van der Waals surface area contributed by atoms with Crippen LogP contribution in [0.3, 0.4) is 0 Å². The fraction of sp³-hybridized carbons (Fsp3) is 0.0556. The number of nitrogens with one attached hydrogen (secondary N) is 1. The summed E-state index contributed by atoms with van der Waals surface area (Å²) >= 11 is 1.49. The fourth-order valence-electron chi connectivity index (χ4n) is 1.97. The van der Waals surface area contributed by atoms with Crippen molar-refractivity contribution < 1.29 is 17.6 Å². The molecule has 128 valence electrons. The highest BCUT2D eigenvalue weighted by Gasteiger charge is 2.29. The zero-order valence-corrected chi connectivity index (χ0v) is 13.6. The van der Waals surface area contributed by atoms with Gasteiger partial charge in [0, 0.05) is 4.90 Å². The van der Waals surface area contributed by atoms with Gasteiger partial charge in [-0.15, -0.1) is 0 Å². The van der Waals surface area contributed by atoms with Gasteiger partial charge in [0.15, 0.2) is 5.09 Å². The minimum absolute atomic E-state index is 0.453. The number of hydrogen-bond acceptors (Lipinski definition) is 4. The largest absolute Gasteiger partial charge is 0.448 e. The monoisotopic (exact) mass is 362 g/mol. The second-order valence-electron chi connectivity index (χ2n) is 5.02. The van der Waals surface area contributed by atoms with Crippen LogP contribution >= 0.6 is 11.8 Å². The van der Waals surface area contributed by atoms with Gasteiger partial charge in [-0.2, -0.15) is 18.3 Å². The molecule has 3 nitrogen and oxygen atoms in total. The summed E-state index contributed by atoms with van der Waals surface area (Å²) in [6.07, 6.45) is -2.88. The Bertz CT molecular complexity index is 843. The van der Waals surface area contributed by atoms with Crippen molar-refractivity contribution in [2.75, 3.05) is 5.43 Å². The highest BCUT2D eigenvalue weighted by atomic mass is 32.2. The van der Waals surface area contributed by atoms with Gasteiger partial charge in [-0.3, -0.25) is 5.43 Å². The predicted molar refractivity (Wildman–Crippen MR) is 91.9 cm³/mol. The highest BCUT2D eigenvalue weighted by Crippen LogP contribution is 2.30. The lowest BCUT2D eigenvalue weighted by Crippen LogP contribution is -2.04. The Morgan fingerprint density at radius 1 is 0.920 bits per heavy atom. The molecule has 0 atom stereocenters. The van der Waals surface area contributed by atoms with Crippen LogP contribution in [-0.2, 0) is 6.18 Å². The van der Waals surface area contributed by atoms with Crippen molar-refractivity contribution >= 4 is 23.7 Å². The molecule has 2 aromatic carbocycles. The molecule has 7 heteroatoms. The van der Waals surface area contributed by atoms with Crippen LogP contribution in [0.25, 0.3) is 0 Å². The molecule has 0 aliphatic heterocycles. The molecule has 0 unspecified atom stereocenters. The summed E-state index contributed by atoms with van der Waals surface area (Å²) in [4.78, 5) is 1.06. The summed E-state index contributed by atoms with van der Waals surface area (Å²) in [5.74, 6) is 0.540. The molecule has 0 radical (unpaired) electrons. The van der Waals surface area contributed by atoms with Crippen LogP contribution in [0, 0.1) is 0 Å². The van der Waals surface area contributed by atoms with E-state index in [0.717, 1.165) is 22.1 Å². The molecule has 0 bridgehead atoms. The topological polar surface area (TPSA) is 37.5 Å². The van der Waals surface area contributed by atoms with E-state index in [4.69, 9.17) is 4.42 Å². The van der Waals surface area contributed by atoms with Crippen molar-refractivity contribution in [3.8, 4) is 0 Å². The van der Waals surface area contributed by atoms with Gasteiger partial charge in [0.05, 0.1) is 17.5 Å². The normalized spacial score (nSPS) is 11.8. The molecule has 0 aliphatic carbocycles. The Morgan fingerprint density at radius 3 is 2.32 bits per heavy atom. The van der Waals surface area contributed by atoms with Gasteiger partial charge in [-0.05, 0) is 48.5 Å². The number of hydrogen-bond donors (Lipinski definition) is 1. The molecule has 0 spiro atoms. The average Bonchev–Trinajstić information content (AvgIpc) is 3.03. The standard InChI is InChI=1S/C18H13F3N2OS/c19-18(20,21)13-6-8-14(9-7-13)23-22-12-15-10-11-17(24-15)25-16-4-2-1-3-5-16/h1-12,23H/b22-12+. The van der Waals surface area contributed by atoms with Crippen molar-refractivity contribution in [2.45, 2.75) is 16.2 Å². The molecule has 0 saturated carbocycles. The van der Waals surface area contributed by atoms with Gasteiger partial charge in [0.1, 0.15) is 5.76 Å². The molecule has 3 rings (SSSR count). The maximum atomic E-state index is 12.5. The first-order chi connectivity index (χ1) is 12.0. The van der Waals surface area contributed by atoms with Crippen LogP contribution in [0.2, 0.25) is 0 Å². The Hall–Kier alpha value is -2.67. The Morgan fingerprint density at radius 2 is 1.64 bits per heavy atom. The number of alkyl halides is 3. The van der Waals surface area contributed by atoms with E-state index in [-0.39, 0.29) is 0 Å². The third kappa shape index (κ3) is 4.90. The second kappa shape index (κ2) is 7.48. The van der Waals surface area contributed by atoms with E-state index in [0.29, 0.717) is 11.4 Å². The lowest BCUT2D eigenvalue weighted by Gasteiger charge is -2.06. The minimum Gasteiger partial charge on any atom is -0.448 e. The average molecular weight is 362 g/mol. The molecule has 0 aliphatic rings. The van der Waals surface area contributed by atoms with Gasteiger partial charge in [0.25, 0.3) is 0 Å². The molecule has 1 heterocycles. The predicted octanol–water partition coefficient (Wildman–Crippen LogP) is 5.90. The van der Waals surface area contributed by atoms with Crippen LogP contribution in [0.4, 0.5) is 18.9 Å². The summed E-state index contributed by atoms with van der Waals surface area (Å²) in [6, 6.07) is 18.0. The lowest BCUT2D eigenvalue weighted by molar-refractivity contribution is -0.137. The van der Waals surface area contributed by atoms with Gasteiger partial charge < -0.3 is 4.42 Å². The maximum Gasteiger partial charge on any atom is 0.416 e. The van der Waals surface area contributed by atoms with Crippen LogP contribution in [0.5, 0.6) is 0 Å². The first-order valence-corrected chi connectivity index (χ1v) is 8.11. The number of nitrogens with zero attached hydrogens (tertiary/aromatic N) is 1. The number of benzene rings is 2. The summed E-state index contributed by atoms with van der Waals surface area (Å²) in [6.45, 7) is 0. The van der Waals surface area contributed by atoms with Gasteiger partial charge in [-0.25, -0.2) is 0 Å². The number of halogens is 3. The molecular weight excluding hydrogens is 349 g/mol.